The van der Waals surface area contributed by atoms with E-state index in [1.165, 1.54) is 19.2 Å². The van der Waals surface area contributed by atoms with Gasteiger partial charge in [0.25, 0.3) is 5.82 Å². The number of amides is 3. The van der Waals surface area contributed by atoms with Crippen LogP contribution in [0.2, 0.25) is 0 Å². The summed E-state index contributed by atoms with van der Waals surface area (Å²) in [5.74, 6) is -1.83. The fraction of sp³-hybridized carbons (Fsp3) is 0.407. The summed E-state index contributed by atoms with van der Waals surface area (Å²) in [6, 6.07) is 14.1. The number of imide groups is 1. The minimum Gasteiger partial charge on any atom is -0.496 e. The number of benzene rings is 2. The Kier molecular flexibility index (Phi) is 8.01. The summed E-state index contributed by atoms with van der Waals surface area (Å²) in [7, 11) is 1.48. The number of tetrazole rings is 1. The Balaban J connectivity index is 1.34. The molecule has 0 unspecified atom stereocenters. The smallest absolute Gasteiger partial charge is 0.453 e. The predicted octanol–water partition coefficient (Wildman–Crippen LogP) is 2.31. The molecule has 2 fully saturated rings. The zero-order chi connectivity index (χ0) is 29.1. The molecule has 0 saturated carbocycles. The molecule has 3 amide bonds. The highest BCUT2D eigenvalue weighted by atomic mass is 19.4. The minimum absolute atomic E-state index is 0.0939. The lowest BCUT2D eigenvalue weighted by molar-refractivity contribution is -0.146. The first kappa shape index (κ1) is 28.2. The van der Waals surface area contributed by atoms with Crippen LogP contribution in [0.5, 0.6) is 5.75 Å². The van der Waals surface area contributed by atoms with Crippen molar-refractivity contribution in [2.45, 2.75) is 43.9 Å². The normalized spacial score (nSPS) is 19.6. The van der Waals surface area contributed by atoms with Crippen LogP contribution in [0.1, 0.15) is 42.1 Å². The summed E-state index contributed by atoms with van der Waals surface area (Å²) >= 11 is 0. The number of ether oxygens (including phenoxy) is 1. The van der Waals surface area contributed by atoms with Gasteiger partial charge in [-0.15, -0.1) is 5.10 Å². The summed E-state index contributed by atoms with van der Waals surface area (Å²) < 4.78 is 46.2. The van der Waals surface area contributed by atoms with Crippen LogP contribution in [0.25, 0.3) is 5.69 Å². The molecule has 2 atom stereocenters. The van der Waals surface area contributed by atoms with Crippen molar-refractivity contribution < 1.29 is 32.3 Å². The van der Waals surface area contributed by atoms with Gasteiger partial charge in [-0.1, -0.05) is 30.3 Å². The molecule has 2 aliphatic heterocycles. The van der Waals surface area contributed by atoms with Crippen LogP contribution in [0.15, 0.2) is 48.5 Å². The Morgan fingerprint density at radius 1 is 1.10 bits per heavy atom. The molecular weight excluding hydrogens is 543 g/mol. The second-order valence-corrected chi connectivity index (χ2v) is 9.91. The lowest BCUT2D eigenvalue weighted by atomic mass is 9.85. The highest BCUT2D eigenvalue weighted by molar-refractivity contribution is 6.04. The van der Waals surface area contributed by atoms with Gasteiger partial charge in [-0.05, 0) is 40.6 Å². The maximum Gasteiger partial charge on any atom is 0.453 e. The molecule has 0 bridgehead atoms. The molecule has 2 aromatic carbocycles. The molecule has 2 saturated heterocycles. The Bertz CT molecular complexity index is 1410. The fourth-order valence-electron chi connectivity index (χ4n) is 5.31. The highest BCUT2D eigenvalue weighted by Gasteiger charge is 2.39. The van der Waals surface area contributed by atoms with Gasteiger partial charge in [0.15, 0.2) is 0 Å². The van der Waals surface area contributed by atoms with E-state index in [2.05, 4.69) is 20.8 Å². The summed E-state index contributed by atoms with van der Waals surface area (Å²) in [4.78, 5) is 39.8. The van der Waals surface area contributed by atoms with Gasteiger partial charge >= 0.3 is 6.18 Å². The molecule has 41 heavy (non-hydrogen) atoms. The quantitative estimate of drug-likeness (QED) is 0.409. The molecule has 2 aliphatic rings. The number of methoxy groups -OCH3 is 1. The van der Waals surface area contributed by atoms with Gasteiger partial charge < -0.3 is 15.0 Å². The number of likely N-dealkylation sites (tertiary alicyclic amines) is 2. The molecule has 11 nitrogen and oxygen atoms in total. The Morgan fingerprint density at radius 3 is 2.51 bits per heavy atom. The maximum atomic E-state index is 13.4. The first-order valence-corrected chi connectivity index (χ1v) is 13.1. The lowest BCUT2D eigenvalue weighted by Crippen LogP contribution is -2.52. The molecule has 1 aromatic heterocycles. The van der Waals surface area contributed by atoms with Crippen molar-refractivity contribution >= 4 is 17.7 Å². The van der Waals surface area contributed by atoms with Gasteiger partial charge in [0.2, 0.25) is 17.7 Å². The van der Waals surface area contributed by atoms with Crippen molar-refractivity contribution in [3.63, 3.8) is 0 Å². The monoisotopic (exact) mass is 571 g/mol. The second kappa shape index (κ2) is 11.6. The Morgan fingerprint density at radius 2 is 1.83 bits per heavy atom. The van der Waals surface area contributed by atoms with E-state index < -0.39 is 12.0 Å². The second-order valence-electron chi connectivity index (χ2n) is 9.91. The zero-order valence-corrected chi connectivity index (χ0v) is 22.2. The van der Waals surface area contributed by atoms with Crippen molar-refractivity contribution in [3.05, 3.63) is 65.5 Å². The van der Waals surface area contributed by atoms with Crippen LogP contribution in [0.4, 0.5) is 13.2 Å². The first-order chi connectivity index (χ1) is 19.7. The van der Waals surface area contributed by atoms with Crippen molar-refractivity contribution in [1.82, 2.24) is 35.3 Å². The summed E-state index contributed by atoms with van der Waals surface area (Å²) in [6.07, 6.45) is -3.91. The number of nitrogens with zero attached hydrogens (tertiary/aromatic N) is 6. The molecule has 216 valence electrons. The number of rotatable bonds is 8. The third-order valence-electron chi connectivity index (χ3n) is 7.43. The number of aromatic nitrogens is 4. The summed E-state index contributed by atoms with van der Waals surface area (Å²) in [5, 5.41) is 13.3. The molecule has 0 spiro atoms. The average molecular weight is 572 g/mol. The van der Waals surface area contributed by atoms with Crippen LogP contribution >= 0.6 is 0 Å². The van der Waals surface area contributed by atoms with Gasteiger partial charge in [0, 0.05) is 50.0 Å². The number of halogens is 3. The number of alkyl halides is 3. The minimum atomic E-state index is -4.73. The molecular formula is C27H28F3N7O4. The fourth-order valence-corrected chi connectivity index (χ4v) is 5.31. The largest absolute Gasteiger partial charge is 0.496 e. The van der Waals surface area contributed by atoms with E-state index in [0.717, 1.165) is 10.5 Å². The lowest BCUT2D eigenvalue weighted by Gasteiger charge is -2.40. The van der Waals surface area contributed by atoms with Crippen LogP contribution in [-0.2, 0) is 27.1 Å². The number of nitrogens with one attached hydrogen (secondary N) is 1. The van der Waals surface area contributed by atoms with Crippen LogP contribution in [0, 0.1) is 0 Å². The van der Waals surface area contributed by atoms with Gasteiger partial charge in [0.05, 0.1) is 12.8 Å². The molecule has 0 radical (unpaired) electrons. The third-order valence-corrected chi connectivity index (χ3v) is 7.43. The molecule has 1 N–H and O–H groups in total. The van der Waals surface area contributed by atoms with Crippen molar-refractivity contribution in [2.75, 3.05) is 26.7 Å². The number of carbonyl (C=O) groups is 3. The van der Waals surface area contributed by atoms with Crippen molar-refractivity contribution in [3.8, 4) is 11.4 Å². The Labute approximate surface area is 233 Å². The molecule has 5 rings (SSSR count). The van der Waals surface area contributed by atoms with Crippen LogP contribution in [-0.4, -0.2) is 80.5 Å². The average Bonchev–Trinajstić information content (AvgIpc) is 3.59. The maximum absolute atomic E-state index is 13.4. The number of carbonyl (C=O) groups excluding carboxylic acids is 3. The van der Waals surface area contributed by atoms with Gasteiger partial charge in [-0.25, -0.2) is 0 Å². The van der Waals surface area contributed by atoms with E-state index in [4.69, 9.17) is 4.74 Å². The summed E-state index contributed by atoms with van der Waals surface area (Å²) in [6.45, 7) is 0.776. The topological polar surface area (TPSA) is 123 Å². The van der Waals surface area contributed by atoms with Crippen molar-refractivity contribution in [2.24, 2.45) is 0 Å². The van der Waals surface area contributed by atoms with E-state index in [-0.39, 0.29) is 61.3 Å². The standard InChI is InChI=1S/C27H28F3N7O4/c1-41-22-8-7-19(37-26(27(28,29)30)32-33-34-37)13-18(22)14-31-21-11-12-35(15-20(21)17-5-3-2-4-6-17)25(40)16-36-23(38)9-10-24(36)39/h2-8,13,20-21,31H,9-12,14-16H2,1H3/t20-,21-/m1/s1. The van der Waals surface area contributed by atoms with Gasteiger partial charge in [0.1, 0.15) is 12.3 Å². The van der Waals surface area contributed by atoms with Crippen LogP contribution < -0.4 is 10.1 Å². The zero-order valence-electron chi connectivity index (χ0n) is 22.2. The van der Waals surface area contributed by atoms with Crippen molar-refractivity contribution in [1.29, 1.82) is 0 Å². The van der Waals surface area contributed by atoms with E-state index in [1.807, 2.05) is 30.3 Å². The molecule has 3 heterocycles. The number of piperidine rings is 1. The molecule has 14 heteroatoms. The van der Waals surface area contributed by atoms with E-state index in [0.29, 0.717) is 35.5 Å². The predicted molar refractivity (Wildman–Crippen MR) is 138 cm³/mol. The number of hydrogen-bond acceptors (Lipinski definition) is 8. The highest BCUT2D eigenvalue weighted by Crippen LogP contribution is 2.31. The SMILES string of the molecule is COc1ccc(-n2nnnc2C(F)(F)F)cc1CN[C@@H]1CCN(C(=O)CN2C(=O)CCC2=O)C[C@@H]1c1ccccc1. The van der Waals surface area contributed by atoms with E-state index >= 15 is 0 Å². The van der Waals surface area contributed by atoms with Gasteiger partial charge in [-0.3, -0.25) is 19.3 Å². The van der Waals surface area contributed by atoms with E-state index in [1.54, 1.807) is 11.0 Å². The number of hydrogen-bond donors (Lipinski definition) is 1. The molecule has 3 aromatic rings. The first-order valence-electron chi connectivity index (χ1n) is 13.1. The molecule has 0 aliphatic carbocycles. The van der Waals surface area contributed by atoms with E-state index in [9.17, 15) is 27.6 Å². The third kappa shape index (κ3) is 6.06. The van der Waals surface area contributed by atoms with Crippen LogP contribution in [0.3, 0.4) is 0 Å². The summed E-state index contributed by atoms with van der Waals surface area (Å²) in [5.41, 5.74) is 1.73. The Hall–Kier alpha value is -4.33. The van der Waals surface area contributed by atoms with Gasteiger partial charge in [-0.2, -0.15) is 17.9 Å².